The normalized spacial score (nSPS) is 21.9. The summed E-state index contributed by atoms with van der Waals surface area (Å²) in [5.41, 5.74) is 5.07. The lowest BCUT2D eigenvalue weighted by Crippen LogP contribution is -2.43. The summed E-state index contributed by atoms with van der Waals surface area (Å²) < 4.78 is 28.5. The molecule has 1 saturated heterocycles. The van der Waals surface area contributed by atoms with Gasteiger partial charge in [0.2, 0.25) is 10.0 Å². The van der Waals surface area contributed by atoms with E-state index in [1.165, 1.54) is 4.31 Å². The predicted octanol–water partition coefficient (Wildman–Crippen LogP) is -1.44. The van der Waals surface area contributed by atoms with Gasteiger partial charge in [-0.2, -0.15) is 4.31 Å². The van der Waals surface area contributed by atoms with Crippen molar-refractivity contribution < 1.29 is 13.2 Å². The summed E-state index contributed by atoms with van der Waals surface area (Å²) in [6.07, 6.45) is 0. The van der Waals surface area contributed by atoms with E-state index < -0.39 is 10.0 Å². The maximum Gasteiger partial charge on any atom is 0.227 e. The highest BCUT2D eigenvalue weighted by Crippen LogP contribution is 2.02. The molecule has 11 heavy (non-hydrogen) atoms. The standard InChI is InChI=1S/C5H12N2O3S/c6-5-11(8,9)7-1-3-10-4-2-7/h1-6H2. The molecule has 1 aliphatic rings. The number of nitrogens with zero attached hydrogens (tertiary/aromatic N) is 1. The van der Waals surface area contributed by atoms with Crippen LogP contribution in [0.5, 0.6) is 0 Å². The highest BCUT2D eigenvalue weighted by Gasteiger charge is 2.21. The molecule has 1 aliphatic heterocycles. The number of morpholine rings is 1. The Hall–Kier alpha value is -0.170. The lowest BCUT2D eigenvalue weighted by Gasteiger charge is -2.25. The first-order chi connectivity index (χ1) is 5.17. The van der Waals surface area contributed by atoms with Gasteiger partial charge < -0.3 is 10.5 Å². The Balaban J connectivity index is 2.58. The van der Waals surface area contributed by atoms with E-state index >= 15 is 0 Å². The van der Waals surface area contributed by atoms with Gasteiger partial charge >= 0.3 is 0 Å². The summed E-state index contributed by atoms with van der Waals surface area (Å²) in [5.74, 6) is -0.312. The maximum atomic E-state index is 11.1. The van der Waals surface area contributed by atoms with Gasteiger partial charge in [0.1, 0.15) is 5.88 Å². The molecule has 0 aromatic rings. The van der Waals surface area contributed by atoms with Crippen LogP contribution < -0.4 is 5.73 Å². The lowest BCUT2D eigenvalue weighted by molar-refractivity contribution is 0.0731. The van der Waals surface area contributed by atoms with Gasteiger partial charge in [0, 0.05) is 13.1 Å². The molecule has 0 radical (unpaired) electrons. The van der Waals surface area contributed by atoms with Crippen molar-refractivity contribution in [3.8, 4) is 0 Å². The number of nitrogens with two attached hydrogens (primary N) is 1. The number of sulfonamides is 1. The van der Waals surface area contributed by atoms with Gasteiger partial charge in [-0.15, -0.1) is 0 Å². The minimum absolute atomic E-state index is 0.312. The number of hydrogen-bond acceptors (Lipinski definition) is 4. The van der Waals surface area contributed by atoms with Crippen molar-refractivity contribution in [2.45, 2.75) is 0 Å². The Morgan fingerprint density at radius 2 is 1.91 bits per heavy atom. The molecule has 66 valence electrons. The fourth-order valence-corrected chi connectivity index (χ4v) is 1.85. The zero-order valence-corrected chi connectivity index (χ0v) is 7.01. The zero-order valence-electron chi connectivity index (χ0n) is 6.19. The van der Waals surface area contributed by atoms with Gasteiger partial charge in [0.25, 0.3) is 0 Å². The monoisotopic (exact) mass is 180 g/mol. The van der Waals surface area contributed by atoms with Crippen LogP contribution in [0.25, 0.3) is 0 Å². The highest BCUT2D eigenvalue weighted by atomic mass is 32.2. The predicted molar refractivity (Wildman–Crippen MR) is 40.4 cm³/mol. The third-order valence-electron chi connectivity index (χ3n) is 1.57. The first-order valence-corrected chi connectivity index (χ1v) is 5.03. The Kier molecular flexibility index (Phi) is 2.83. The number of hydrogen-bond donors (Lipinski definition) is 1. The van der Waals surface area contributed by atoms with Gasteiger partial charge in [-0.05, 0) is 0 Å². The van der Waals surface area contributed by atoms with Crippen LogP contribution in [-0.2, 0) is 14.8 Å². The summed E-state index contributed by atoms with van der Waals surface area (Å²) in [6, 6.07) is 0. The molecule has 0 aliphatic carbocycles. The molecule has 6 heteroatoms. The topological polar surface area (TPSA) is 72.6 Å². The minimum Gasteiger partial charge on any atom is -0.379 e. The molecule has 5 nitrogen and oxygen atoms in total. The van der Waals surface area contributed by atoms with Crippen LogP contribution >= 0.6 is 0 Å². The van der Waals surface area contributed by atoms with E-state index in [0.29, 0.717) is 26.3 Å². The van der Waals surface area contributed by atoms with Crippen molar-refractivity contribution >= 4 is 10.0 Å². The molecule has 2 N–H and O–H groups in total. The Labute approximate surface area is 66.2 Å². The second-order valence-electron chi connectivity index (χ2n) is 2.29. The van der Waals surface area contributed by atoms with E-state index in [0.717, 1.165) is 0 Å². The van der Waals surface area contributed by atoms with E-state index in [4.69, 9.17) is 10.5 Å². The molecule has 1 fully saturated rings. The first-order valence-electron chi connectivity index (χ1n) is 3.42. The van der Waals surface area contributed by atoms with Crippen molar-refractivity contribution in [2.75, 3.05) is 32.2 Å². The highest BCUT2D eigenvalue weighted by molar-refractivity contribution is 7.89. The van der Waals surface area contributed by atoms with E-state index in [2.05, 4.69) is 0 Å². The van der Waals surface area contributed by atoms with Gasteiger partial charge in [-0.1, -0.05) is 0 Å². The number of ether oxygens (including phenoxy) is 1. The molecule has 0 spiro atoms. The van der Waals surface area contributed by atoms with Crippen LogP contribution in [0.3, 0.4) is 0 Å². The second-order valence-corrected chi connectivity index (χ2v) is 4.30. The molecule has 1 heterocycles. The molecule has 0 saturated carbocycles. The summed E-state index contributed by atoms with van der Waals surface area (Å²) in [6.45, 7) is 1.80. The fraction of sp³-hybridized carbons (Fsp3) is 1.00. The van der Waals surface area contributed by atoms with E-state index in [1.54, 1.807) is 0 Å². The smallest absolute Gasteiger partial charge is 0.227 e. The first kappa shape index (κ1) is 8.92. The van der Waals surface area contributed by atoms with Crippen molar-refractivity contribution in [3.05, 3.63) is 0 Å². The molecule has 0 atom stereocenters. The van der Waals surface area contributed by atoms with E-state index in [1.807, 2.05) is 0 Å². The van der Waals surface area contributed by atoms with Gasteiger partial charge in [-0.25, -0.2) is 8.42 Å². The van der Waals surface area contributed by atoms with Crippen LogP contribution in [0.1, 0.15) is 0 Å². The third kappa shape index (κ3) is 2.13. The molecule has 0 bridgehead atoms. The largest absolute Gasteiger partial charge is 0.379 e. The average Bonchev–Trinajstić information content (AvgIpc) is 2.06. The van der Waals surface area contributed by atoms with Crippen molar-refractivity contribution in [1.82, 2.24) is 4.31 Å². The van der Waals surface area contributed by atoms with Crippen molar-refractivity contribution in [3.63, 3.8) is 0 Å². The molecular weight excluding hydrogens is 168 g/mol. The summed E-state index contributed by atoms with van der Waals surface area (Å²) in [7, 11) is -3.19. The summed E-state index contributed by atoms with van der Waals surface area (Å²) in [4.78, 5) is 0. The number of rotatable bonds is 2. The van der Waals surface area contributed by atoms with Crippen molar-refractivity contribution in [2.24, 2.45) is 5.73 Å². The van der Waals surface area contributed by atoms with E-state index in [9.17, 15) is 8.42 Å². The quantitative estimate of drug-likeness (QED) is 0.565. The van der Waals surface area contributed by atoms with Crippen LogP contribution in [0, 0.1) is 0 Å². The van der Waals surface area contributed by atoms with E-state index in [-0.39, 0.29) is 5.88 Å². The maximum absolute atomic E-state index is 11.1. The van der Waals surface area contributed by atoms with Crippen molar-refractivity contribution in [1.29, 1.82) is 0 Å². The average molecular weight is 180 g/mol. The fourth-order valence-electron chi connectivity index (χ4n) is 0.930. The minimum atomic E-state index is -3.19. The molecule has 0 amide bonds. The Morgan fingerprint density at radius 3 is 2.36 bits per heavy atom. The van der Waals surface area contributed by atoms with Crippen LogP contribution in [0.2, 0.25) is 0 Å². The van der Waals surface area contributed by atoms with Crippen LogP contribution in [0.4, 0.5) is 0 Å². The van der Waals surface area contributed by atoms with Gasteiger partial charge in [0.15, 0.2) is 0 Å². The van der Waals surface area contributed by atoms with Gasteiger partial charge in [0.05, 0.1) is 13.2 Å². The third-order valence-corrected chi connectivity index (χ3v) is 3.15. The lowest BCUT2D eigenvalue weighted by atomic mass is 10.5. The Morgan fingerprint density at radius 1 is 1.36 bits per heavy atom. The summed E-state index contributed by atoms with van der Waals surface area (Å²) >= 11 is 0. The summed E-state index contributed by atoms with van der Waals surface area (Å²) in [5, 5.41) is 0. The Bertz CT molecular complexity index is 208. The molecule has 1 rings (SSSR count). The molecular formula is C5H12N2O3S. The van der Waals surface area contributed by atoms with Gasteiger partial charge in [-0.3, -0.25) is 0 Å². The molecule has 0 aromatic heterocycles. The SMILES string of the molecule is NCS(=O)(=O)N1CCOCC1. The van der Waals surface area contributed by atoms with Crippen LogP contribution in [-0.4, -0.2) is 44.9 Å². The molecule has 0 aromatic carbocycles. The second kappa shape index (κ2) is 3.48. The molecule has 0 unspecified atom stereocenters. The van der Waals surface area contributed by atoms with Crippen LogP contribution in [0.15, 0.2) is 0 Å². The zero-order chi connectivity index (χ0) is 8.32.